The summed E-state index contributed by atoms with van der Waals surface area (Å²) in [7, 11) is 1.37. The van der Waals surface area contributed by atoms with Gasteiger partial charge in [-0.1, -0.05) is 51.5 Å². The number of rotatable bonds is 12. The molecule has 0 radical (unpaired) electrons. The maximum atomic E-state index is 5.66. The van der Waals surface area contributed by atoms with Crippen molar-refractivity contribution in [3.8, 4) is 0 Å². The topological polar surface area (TPSA) is 27.7 Å². The Hall–Kier alpha value is 0.404. The fraction of sp³-hybridized carbons (Fsp3) is 0.857. The van der Waals surface area contributed by atoms with Gasteiger partial charge < -0.3 is 13.3 Å². The van der Waals surface area contributed by atoms with Crippen LogP contribution in [0.1, 0.15) is 27.2 Å². The first-order chi connectivity index (χ1) is 9.53. The minimum atomic E-state index is -2.59. The first-order valence-corrected chi connectivity index (χ1v) is 13.0. The molecule has 0 spiro atoms. The molecule has 0 heterocycles. The largest absolute Gasteiger partial charge is 0.514 e. The Morgan fingerprint density at radius 3 is 1.75 bits per heavy atom. The summed E-state index contributed by atoms with van der Waals surface area (Å²) < 4.78 is 17.0. The third-order valence-corrected chi connectivity index (χ3v) is 15.4. The molecular weight excluding hydrogens is 304 g/mol. The standard InChI is InChI=1S/C14H32O3SSi2/c1-8-18-14(20(15-5,16-6)17-7)12-13-19(9-2,10-3)11-4/h8,14H,1,9-13H2,2-7H3. The van der Waals surface area contributed by atoms with Gasteiger partial charge in [0.25, 0.3) is 0 Å². The minimum Gasteiger partial charge on any atom is -0.376 e. The van der Waals surface area contributed by atoms with E-state index in [1.807, 2.05) is 5.41 Å². The Kier molecular flexibility index (Phi) is 10.4. The molecular formula is C14H32O3SSi2. The molecule has 0 aliphatic carbocycles. The quantitative estimate of drug-likeness (QED) is 0.489. The van der Waals surface area contributed by atoms with Crippen LogP contribution in [-0.4, -0.2) is 43.1 Å². The predicted octanol–water partition coefficient (Wildman–Crippen LogP) is 4.55. The Bertz CT molecular complexity index is 253. The zero-order valence-corrected chi connectivity index (χ0v) is 16.8. The van der Waals surface area contributed by atoms with Crippen molar-refractivity contribution >= 4 is 28.6 Å². The molecule has 0 amide bonds. The summed E-state index contributed by atoms with van der Waals surface area (Å²) in [6.07, 6.45) is 1.10. The van der Waals surface area contributed by atoms with Crippen molar-refractivity contribution in [1.29, 1.82) is 0 Å². The highest BCUT2D eigenvalue weighted by molar-refractivity contribution is 8.04. The molecule has 20 heavy (non-hydrogen) atoms. The molecule has 0 aliphatic rings. The molecule has 120 valence electrons. The van der Waals surface area contributed by atoms with Crippen LogP contribution in [0, 0.1) is 0 Å². The van der Waals surface area contributed by atoms with Crippen molar-refractivity contribution in [2.45, 2.75) is 56.2 Å². The van der Waals surface area contributed by atoms with Gasteiger partial charge in [0.05, 0.1) is 12.9 Å². The van der Waals surface area contributed by atoms with Crippen LogP contribution in [-0.2, 0) is 13.3 Å². The zero-order chi connectivity index (χ0) is 15.6. The molecule has 0 aromatic heterocycles. The lowest BCUT2D eigenvalue weighted by atomic mass is 10.6. The third-order valence-electron chi connectivity index (χ3n) is 4.70. The highest BCUT2D eigenvalue weighted by atomic mass is 32.2. The van der Waals surface area contributed by atoms with E-state index in [9.17, 15) is 0 Å². The van der Waals surface area contributed by atoms with Gasteiger partial charge in [-0.15, -0.1) is 11.8 Å². The van der Waals surface area contributed by atoms with E-state index in [-0.39, 0.29) is 4.87 Å². The van der Waals surface area contributed by atoms with Crippen molar-refractivity contribution in [1.82, 2.24) is 0 Å². The highest BCUT2D eigenvalue weighted by Gasteiger charge is 2.48. The molecule has 0 N–H and O–H groups in total. The van der Waals surface area contributed by atoms with Crippen molar-refractivity contribution in [3.63, 3.8) is 0 Å². The molecule has 0 aromatic rings. The summed E-state index contributed by atoms with van der Waals surface area (Å²) >= 11 is 1.70. The van der Waals surface area contributed by atoms with Crippen LogP contribution in [0.25, 0.3) is 0 Å². The highest BCUT2D eigenvalue weighted by Crippen LogP contribution is 2.34. The summed E-state index contributed by atoms with van der Waals surface area (Å²) in [4.78, 5) is 0.247. The van der Waals surface area contributed by atoms with Crippen LogP contribution in [0.15, 0.2) is 12.0 Å². The van der Waals surface area contributed by atoms with Gasteiger partial charge in [-0.05, 0) is 11.8 Å². The number of thioether (sulfide) groups is 1. The van der Waals surface area contributed by atoms with E-state index in [0.717, 1.165) is 6.42 Å². The second-order valence-electron chi connectivity index (χ2n) is 5.11. The van der Waals surface area contributed by atoms with Gasteiger partial charge in [0.1, 0.15) is 0 Å². The third kappa shape index (κ3) is 5.00. The van der Waals surface area contributed by atoms with Crippen LogP contribution in [0.3, 0.4) is 0 Å². The van der Waals surface area contributed by atoms with Gasteiger partial charge in [0.2, 0.25) is 0 Å². The van der Waals surface area contributed by atoms with E-state index in [0.29, 0.717) is 0 Å². The zero-order valence-electron chi connectivity index (χ0n) is 14.0. The van der Waals surface area contributed by atoms with E-state index < -0.39 is 16.9 Å². The van der Waals surface area contributed by atoms with Gasteiger partial charge >= 0.3 is 8.80 Å². The first-order valence-electron chi connectivity index (χ1n) is 7.45. The van der Waals surface area contributed by atoms with Crippen molar-refractivity contribution in [3.05, 3.63) is 12.0 Å². The fourth-order valence-corrected chi connectivity index (χ4v) is 10.9. The Morgan fingerprint density at radius 2 is 1.45 bits per heavy atom. The Labute approximate surface area is 131 Å². The van der Waals surface area contributed by atoms with Crippen LogP contribution in [0.2, 0.25) is 24.2 Å². The van der Waals surface area contributed by atoms with E-state index in [1.54, 1.807) is 33.1 Å². The number of hydrogen-bond donors (Lipinski definition) is 0. The molecule has 1 atom stereocenters. The Morgan fingerprint density at radius 1 is 1.00 bits per heavy atom. The van der Waals surface area contributed by atoms with E-state index in [4.69, 9.17) is 13.3 Å². The van der Waals surface area contributed by atoms with Gasteiger partial charge in [-0.2, -0.15) is 0 Å². The average Bonchev–Trinajstić information content (AvgIpc) is 2.51. The monoisotopic (exact) mass is 336 g/mol. The van der Waals surface area contributed by atoms with E-state index in [2.05, 4.69) is 27.4 Å². The number of hydrogen-bond acceptors (Lipinski definition) is 4. The molecule has 0 fully saturated rings. The maximum absolute atomic E-state index is 5.66. The maximum Gasteiger partial charge on any atom is 0.514 e. The van der Waals surface area contributed by atoms with Gasteiger partial charge in [-0.3, -0.25) is 0 Å². The molecule has 3 nitrogen and oxygen atoms in total. The average molecular weight is 337 g/mol. The van der Waals surface area contributed by atoms with Crippen molar-refractivity contribution in [2.75, 3.05) is 21.3 Å². The predicted molar refractivity (Wildman–Crippen MR) is 95.0 cm³/mol. The SMILES string of the molecule is C=CSC(CC[Si](CC)(CC)CC)[Si](OC)(OC)OC. The summed E-state index contributed by atoms with van der Waals surface area (Å²) in [5, 5.41) is 1.89. The van der Waals surface area contributed by atoms with Crippen LogP contribution in [0.4, 0.5) is 0 Å². The second kappa shape index (κ2) is 10.2. The first kappa shape index (κ1) is 20.4. The molecule has 1 unspecified atom stereocenters. The summed E-state index contributed by atoms with van der Waals surface area (Å²) in [5.41, 5.74) is 0. The molecule has 0 aromatic carbocycles. The van der Waals surface area contributed by atoms with Gasteiger partial charge in [0, 0.05) is 21.3 Å². The van der Waals surface area contributed by atoms with Crippen LogP contribution < -0.4 is 0 Å². The summed E-state index contributed by atoms with van der Waals surface area (Å²) in [6, 6.07) is 5.37. The lowest BCUT2D eigenvalue weighted by Crippen LogP contribution is -2.53. The second-order valence-corrected chi connectivity index (χ2v) is 15.4. The Balaban J connectivity index is 4.98. The normalized spacial score (nSPS) is 14.3. The molecule has 0 bridgehead atoms. The van der Waals surface area contributed by atoms with Crippen molar-refractivity contribution < 1.29 is 13.3 Å². The summed E-state index contributed by atoms with van der Waals surface area (Å²) in [6.45, 7) is 10.9. The lowest BCUT2D eigenvalue weighted by molar-refractivity contribution is 0.121. The molecule has 0 aliphatic heterocycles. The van der Waals surface area contributed by atoms with Crippen LogP contribution in [0.5, 0.6) is 0 Å². The smallest absolute Gasteiger partial charge is 0.376 e. The van der Waals surface area contributed by atoms with E-state index >= 15 is 0 Å². The fourth-order valence-electron chi connectivity index (χ4n) is 2.81. The minimum absolute atomic E-state index is 0.247. The molecule has 0 rings (SSSR count). The summed E-state index contributed by atoms with van der Waals surface area (Å²) in [5.74, 6) is 0. The van der Waals surface area contributed by atoms with Gasteiger partial charge in [-0.25, -0.2) is 0 Å². The van der Waals surface area contributed by atoms with E-state index in [1.165, 1.54) is 24.2 Å². The van der Waals surface area contributed by atoms with Crippen LogP contribution >= 0.6 is 11.8 Å². The van der Waals surface area contributed by atoms with Gasteiger partial charge in [0.15, 0.2) is 0 Å². The lowest BCUT2D eigenvalue weighted by Gasteiger charge is -2.34. The molecule has 0 saturated carbocycles. The molecule has 6 heteroatoms. The molecule has 0 saturated heterocycles. The van der Waals surface area contributed by atoms with Crippen molar-refractivity contribution in [2.24, 2.45) is 0 Å².